The number of aliphatic imine (C=N–C) groups is 1. The van der Waals surface area contributed by atoms with Crippen LogP contribution in [0.2, 0.25) is 0 Å². The van der Waals surface area contributed by atoms with Crippen LogP contribution in [0.25, 0.3) is 12.2 Å². The van der Waals surface area contributed by atoms with E-state index in [0.29, 0.717) is 0 Å². The average molecular weight is 323 g/mol. The molecule has 122 valence electrons. The van der Waals surface area contributed by atoms with Gasteiger partial charge in [0, 0.05) is 0 Å². The van der Waals surface area contributed by atoms with Gasteiger partial charge < -0.3 is 0 Å². The highest BCUT2D eigenvalue weighted by Crippen LogP contribution is 2.14. The Kier molecular flexibility index (Phi) is 5.73. The van der Waals surface area contributed by atoms with Gasteiger partial charge >= 0.3 is 0 Å². The Bertz CT molecular complexity index is 819. The minimum atomic E-state index is 0.913. The minimum Gasteiger partial charge on any atom is -0.249 e. The van der Waals surface area contributed by atoms with Gasteiger partial charge in [-0.15, -0.1) is 0 Å². The van der Waals surface area contributed by atoms with Crippen LogP contribution in [-0.2, 0) is 0 Å². The molecule has 25 heavy (non-hydrogen) atoms. The van der Waals surface area contributed by atoms with E-state index in [2.05, 4.69) is 67.6 Å². The Hall–Kier alpha value is -3.19. The molecule has 3 aromatic carbocycles. The van der Waals surface area contributed by atoms with E-state index >= 15 is 0 Å². The number of aryl methyl sites for hydroxylation is 1. The molecule has 0 heterocycles. The number of benzene rings is 3. The van der Waals surface area contributed by atoms with Crippen molar-refractivity contribution >= 4 is 23.6 Å². The van der Waals surface area contributed by atoms with Crippen molar-refractivity contribution in [3.8, 4) is 0 Å². The number of hydrogen-bond donors (Lipinski definition) is 0. The van der Waals surface area contributed by atoms with Gasteiger partial charge in [0.2, 0.25) is 0 Å². The van der Waals surface area contributed by atoms with E-state index in [1.54, 1.807) is 0 Å². The Morgan fingerprint density at radius 2 is 1.12 bits per heavy atom. The predicted molar refractivity (Wildman–Crippen MR) is 109 cm³/mol. The summed E-state index contributed by atoms with van der Waals surface area (Å²) in [5.74, 6) is 0. The van der Waals surface area contributed by atoms with Gasteiger partial charge in [-0.3, -0.25) is 0 Å². The van der Waals surface area contributed by atoms with Crippen LogP contribution in [0.4, 0.5) is 5.69 Å². The summed E-state index contributed by atoms with van der Waals surface area (Å²) in [4.78, 5) is 4.77. The molecule has 0 amide bonds. The smallest absolute Gasteiger partial charge is 0.0637 e. The molecule has 0 saturated heterocycles. The SMILES string of the molecule is Cc1ccc(N=C(/C=C/c2ccccc2)/C=C/c2ccccc2)cc1. The molecule has 3 rings (SSSR count). The molecule has 1 heteroatoms. The van der Waals surface area contributed by atoms with Crippen LogP contribution >= 0.6 is 0 Å². The van der Waals surface area contributed by atoms with Crippen molar-refractivity contribution in [2.24, 2.45) is 4.99 Å². The molecule has 1 nitrogen and oxygen atoms in total. The maximum atomic E-state index is 4.77. The predicted octanol–water partition coefficient (Wildman–Crippen LogP) is 6.49. The molecule has 0 unspecified atom stereocenters. The van der Waals surface area contributed by atoms with Crippen LogP contribution in [0.3, 0.4) is 0 Å². The maximum Gasteiger partial charge on any atom is 0.0637 e. The Morgan fingerprint density at radius 3 is 1.60 bits per heavy atom. The van der Waals surface area contributed by atoms with Gasteiger partial charge in [-0.05, 0) is 42.3 Å². The molecule has 0 aliphatic heterocycles. The zero-order valence-corrected chi connectivity index (χ0v) is 14.3. The first-order valence-electron chi connectivity index (χ1n) is 8.41. The summed E-state index contributed by atoms with van der Waals surface area (Å²) in [7, 11) is 0. The van der Waals surface area contributed by atoms with Crippen molar-refractivity contribution in [1.82, 2.24) is 0 Å². The zero-order valence-electron chi connectivity index (χ0n) is 14.3. The molecule has 0 saturated carbocycles. The quantitative estimate of drug-likeness (QED) is 0.476. The van der Waals surface area contributed by atoms with Crippen LogP contribution < -0.4 is 0 Å². The molecule has 0 spiro atoms. The zero-order chi connectivity index (χ0) is 17.3. The van der Waals surface area contributed by atoms with Crippen molar-refractivity contribution in [3.05, 3.63) is 114 Å². The summed E-state index contributed by atoms with van der Waals surface area (Å²) in [6.07, 6.45) is 8.27. The van der Waals surface area contributed by atoms with Crippen LogP contribution in [0.15, 0.2) is 102 Å². The lowest BCUT2D eigenvalue weighted by Gasteiger charge is -1.99. The lowest BCUT2D eigenvalue weighted by Crippen LogP contribution is -1.87. The van der Waals surface area contributed by atoms with E-state index in [0.717, 1.165) is 22.5 Å². The standard InChI is InChI=1S/C24H21N/c1-20-12-16-23(17-13-20)25-24(18-14-21-8-4-2-5-9-21)19-15-22-10-6-3-7-11-22/h2-19H,1H3/b18-14+,19-15+. The summed E-state index contributed by atoms with van der Waals surface area (Å²) in [6.45, 7) is 2.08. The van der Waals surface area contributed by atoms with Crippen molar-refractivity contribution in [2.45, 2.75) is 6.92 Å². The Labute approximate surface area is 149 Å². The first-order valence-corrected chi connectivity index (χ1v) is 8.41. The number of allylic oxidation sites excluding steroid dienone is 2. The molecule has 0 aliphatic carbocycles. The Balaban J connectivity index is 1.89. The molecule has 0 aromatic heterocycles. The molecule has 3 aromatic rings. The lowest BCUT2D eigenvalue weighted by molar-refractivity contribution is 1.44. The van der Waals surface area contributed by atoms with E-state index < -0.39 is 0 Å². The number of nitrogens with zero attached hydrogens (tertiary/aromatic N) is 1. The fraction of sp³-hybridized carbons (Fsp3) is 0.0417. The van der Waals surface area contributed by atoms with Gasteiger partial charge in [-0.1, -0.05) is 90.5 Å². The molecular formula is C24H21N. The van der Waals surface area contributed by atoms with Crippen molar-refractivity contribution in [2.75, 3.05) is 0 Å². The molecule has 0 N–H and O–H groups in total. The number of hydrogen-bond acceptors (Lipinski definition) is 1. The highest BCUT2D eigenvalue weighted by molar-refractivity contribution is 6.09. The fourth-order valence-electron chi connectivity index (χ4n) is 2.39. The monoisotopic (exact) mass is 323 g/mol. The lowest BCUT2D eigenvalue weighted by atomic mass is 10.1. The summed E-state index contributed by atoms with van der Waals surface area (Å²) in [5.41, 5.74) is 5.42. The fourth-order valence-corrected chi connectivity index (χ4v) is 2.39. The van der Waals surface area contributed by atoms with Crippen LogP contribution in [0.5, 0.6) is 0 Å². The second-order valence-electron chi connectivity index (χ2n) is 5.86. The summed E-state index contributed by atoms with van der Waals surface area (Å²) in [5, 5.41) is 0. The van der Waals surface area contributed by atoms with Crippen molar-refractivity contribution in [1.29, 1.82) is 0 Å². The normalized spacial score (nSPS) is 11.1. The van der Waals surface area contributed by atoms with Gasteiger partial charge in [0.1, 0.15) is 0 Å². The van der Waals surface area contributed by atoms with Gasteiger partial charge in [0.15, 0.2) is 0 Å². The molecule has 0 bridgehead atoms. The maximum absolute atomic E-state index is 4.77. The van der Waals surface area contributed by atoms with Gasteiger partial charge in [-0.2, -0.15) is 0 Å². The third-order valence-electron chi connectivity index (χ3n) is 3.78. The summed E-state index contributed by atoms with van der Waals surface area (Å²) < 4.78 is 0. The molecule has 0 radical (unpaired) electrons. The largest absolute Gasteiger partial charge is 0.249 e. The molecule has 0 fully saturated rings. The first kappa shape index (κ1) is 16.7. The first-order chi connectivity index (χ1) is 12.3. The number of rotatable bonds is 5. The second-order valence-corrected chi connectivity index (χ2v) is 5.86. The highest BCUT2D eigenvalue weighted by Gasteiger charge is 1.94. The van der Waals surface area contributed by atoms with Crippen LogP contribution in [-0.4, -0.2) is 5.71 Å². The third kappa shape index (κ3) is 5.43. The van der Waals surface area contributed by atoms with Gasteiger partial charge in [0.25, 0.3) is 0 Å². The van der Waals surface area contributed by atoms with Crippen molar-refractivity contribution < 1.29 is 0 Å². The molecule has 0 atom stereocenters. The van der Waals surface area contributed by atoms with Crippen molar-refractivity contribution in [3.63, 3.8) is 0 Å². The van der Waals surface area contributed by atoms with Crippen LogP contribution in [0.1, 0.15) is 16.7 Å². The molecule has 0 aliphatic rings. The van der Waals surface area contributed by atoms with Crippen LogP contribution in [0, 0.1) is 6.92 Å². The van der Waals surface area contributed by atoms with E-state index in [4.69, 9.17) is 4.99 Å². The molecular weight excluding hydrogens is 302 g/mol. The van der Waals surface area contributed by atoms with E-state index in [9.17, 15) is 0 Å². The summed E-state index contributed by atoms with van der Waals surface area (Å²) >= 11 is 0. The van der Waals surface area contributed by atoms with Gasteiger partial charge in [-0.25, -0.2) is 4.99 Å². The second kappa shape index (κ2) is 8.60. The topological polar surface area (TPSA) is 12.4 Å². The van der Waals surface area contributed by atoms with E-state index in [-0.39, 0.29) is 0 Å². The Morgan fingerprint density at radius 1 is 0.640 bits per heavy atom. The van der Waals surface area contributed by atoms with E-state index in [1.165, 1.54) is 5.56 Å². The average Bonchev–Trinajstić information content (AvgIpc) is 2.67. The highest BCUT2D eigenvalue weighted by atomic mass is 14.7. The minimum absolute atomic E-state index is 0.913. The van der Waals surface area contributed by atoms with E-state index in [1.807, 2.05) is 48.5 Å². The van der Waals surface area contributed by atoms with Gasteiger partial charge in [0.05, 0.1) is 11.4 Å². The summed E-state index contributed by atoms with van der Waals surface area (Å²) in [6, 6.07) is 28.8. The third-order valence-corrected chi connectivity index (χ3v) is 3.78.